The second-order valence-corrected chi connectivity index (χ2v) is 3.54. The second-order valence-electron chi connectivity index (χ2n) is 3.54. The number of nitrogens with zero attached hydrogens (tertiary/aromatic N) is 1. The standard InChI is InChI=1S/C11H16N4O2/c1-15(7-10(12)13)11(16)14-8-4-3-5-9(6-8)17-2/h3-6H,7H2,1-2H3,(H3,12,13)(H,14,16). The van der Waals surface area contributed by atoms with Gasteiger partial charge in [0, 0.05) is 18.8 Å². The number of methoxy groups -OCH3 is 1. The van der Waals surface area contributed by atoms with Crippen molar-refractivity contribution >= 4 is 17.6 Å². The van der Waals surface area contributed by atoms with Crippen LogP contribution >= 0.6 is 0 Å². The molecule has 0 heterocycles. The Hall–Kier alpha value is -2.24. The molecule has 0 aliphatic rings. The van der Waals surface area contributed by atoms with Crippen molar-refractivity contribution in [3.8, 4) is 5.75 Å². The highest BCUT2D eigenvalue weighted by Gasteiger charge is 2.09. The van der Waals surface area contributed by atoms with Crippen molar-refractivity contribution in [3.63, 3.8) is 0 Å². The van der Waals surface area contributed by atoms with Crippen LogP contribution < -0.4 is 15.8 Å². The minimum absolute atomic E-state index is 0.0618. The number of carbonyl (C=O) groups excluding carboxylic acids is 1. The van der Waals surface area contributed by atoms with Crippen LogP contribution in [0.15, 0.2) is 24.3 Å². The van der Waals surface area contributed by atoms with E-state index in [2.05, 4.69) is 5.32 Å². The van der Waals surface area contributed by atoms with Gasteiger partial charge < -0.3 is 20.7 Å². The smallest absolute Gasteiger partial charge is 0.321 e. The van der Waals surface area contributed by atoms with Crippen molar-refractivity contribution in [2.45, 2.75) is 0 Å². The van der Waals surface area contributed by atoms with Gasteiger partial charge >= 0.3 is 6.03 Å². The molecule has 0 aliphatic carbocycles. The Balaban J connectivity index is 2.64. The van der Waals surface area contributed by atoms with E-state index in [-0.39, 0.29) is 18.4 Å². The van der Waals surface area contributed by atoms with Gasteiger partial charge in [-0.05, 0) is 12.1 Å². The molecular weight excluding hydrogens is 220 g/mol. The van der Waals surface area contributed by atoms with E-state index in [0.717, 1.165) is 0 Å². The molecule has 2 amide bonds. The third-order valence-corrected chi connectivity index (χ3v) is 2.08. The maximum absolute atomic E-state index is 11.7. The molecule has 0 bridgehead atoms. The minimum atomic E-state index is -0.326. The van der Waals surface area contributed by atoms with Gasteiger partial charge in [-0.1, -0.05) is 6.07 Å². The fraction of sp³-hybridized carbons (Fsp3) is 0.273. The first-order valence-corrected chi connectivity index (χ1v) is 5.02. The fourth-order valence-electron chi connectivity index (χ4n) is 1.25. The zero-order valence-electron chi connectivity index (χ0n) is 9.86. The van der Waals surface area contributed by atoms with Crippen LogP contribution in [0.2, 0.25) is 0 Å². The molecular formula is C11H16N4O2. The fourth-order valence-corrected chi connectivity index (χ4v) is 1.25. The number of likely N-dealkylation sites (N-methyl/N-ethyl adjacent to an activating group) is 1. The second kappa shape index (κ2) is 5.74. The number of hydrogen-bond acceptors (Lipinski definition) is 3. The van der Waals surface area contributed by atoms with Crippen LogP contribution in [0.25, 0.3) is 0 Å². The molecule has 0 aliphatic heterocycles. The summed E-state index contributed by atoms with van der Waals surface area (Å²) in [7, 11) is 3.12. The van der Waals surface area contributed by atoms with Crippen molar-refractivity contribution in [3.05, 3.63) is 24.3 Å². The monoisotopic (exact) mass is 236 g/mol. The summed E-state index contributed by atoms with van der Waals surface area (Å²) in [6.07, 6.45) is 0. The lowest BCUT2D eigenvalue weighted by atomic mass is 10.3. The first kappa shape index (κ1) is 12.8. The number of urea groups is 1. The molecule has 0 atom stereocenters. The molecule has 1 aromatic rings. The van der Waals surface area contributed by atoms with Crippen LogP contribution in [0.1, 0.15) is 0 Å². The van der Waals surface area contributed by atoms with Crippen molar-refractivity contribution < 1.29 is 9.53 Å². The highest BCUT2D eigenvalue weighted by molar-refractivity contribution is 5.92. The third-order valence-electron chi connectivity index (χ3n) is 2.08. The summed E-state index contributed by atoms with van der Waals surface area (Å²) in [6, 6.07) is 6.70. The summed E-state index contributed by atoms with van der Waals surface area (Å²) < 4.78 is 5.04. The predicted molar refractivity (Wildman–Crippen MR) is 66.6 cm³/mol. The number of hydrogen-bond donors (Lipinski definition) is 3. The normalized spacial score (nSPS) is 9.53. The van der Waals surface area contributed by atoms with E-state index in [1.165, 1.54) is 4.90 Å². The molecule has 4 N–H and O–H groups in total. The Morgan fingerprint density at radius 2 is 2.29 bits per heavy atom. The number of anilines is 1. The average molecular weight is 236 g/mol. The van der Waals surface area contributed by atoms with Gasteiger partial charge in [-0.2, -0.15) is 0 Å². The number of carbonyl (C=O) groups is 1. The molecule has 6 nitrogen and oxygen atoms in total. The summed E-state index contributed by atoms with van der Waals surface area (Å²) in [4.78, 5) is 13.0. The Morgan fingerprint density at radius 3 is 2.88 bits per heavy atom. The van der Waals surface area contributed by atoms with E-state index in [9.17, 15) is 4.79 Å². The maximum atomic E-state index is 11.7. The number of nitrogens with two attached hydrogens (primary N) is 1. The maximum Gasteiger partial charge on any atom is 0.321 e. The molecule has 92 valence electrons. The number of ether oxygens (including phenoxy) is 1. The molecule has 6 heteroatoms. The van der Waals surface area contributed by atoms with Gasteiger partial charge in [0.05, 0.1) is 13.7 Å². The molecule has 0 saturated heterocycles. The summed E-state index contributed by atoms with van der Waals surface area (Å²) >= 11 is 0. The molecule has 1 rings (SSSR count). The van der Waals surface area contributed by atoms with Crippen LogP contribution in [-0.2, 0) is 0 Å². The van der Waals surface area contributed by atoms with Gasteiger partial charge in [0.1, 0.15) is 11.6 Å². The highest BCUT2D eigenvalue weighted by atomic mass is 16.5. The van der Waals surface area contributed by atoms with Crippen molar-refractivity contribution in [1.29, 1.82) is 5.41 Å². The van der Waals surface area contributed by atoms with Crippen molar-refractivity contribution in [2.75, 3.05) is 26.0 Å². The molecule has 0 spiro atoms. The minimum Gasteiger partial charge on any atom is -0.497 e. The number of rotatable bonds is 4. The van der Waals surface area contributed by atoms with Gasteiger partial charge in [0.2, 0.25) is 0 Å². The third kappa shape index (κ3) is 4.02. The van der Waals surface area contributed by atoms with Crippen molar-refractivity contribution in [1.82, 2.24) is 4.90 Å². The lowest BCUT2D eigenvalue weighted by Gasteiger charge is -2.17. The Morgan fingerprint density at radius 1 is 1.59 bits per heavy atom. The number of nitrogens with one attached hydrogen (secondary N) is 2. The zero-order valence-corrected chi connectivity index (χ0v) is 9.86. The molecule has 0 aromatic heterocycles. The average Bonchev–Trinajstić information content (AvgIpc) is 2.28. The van der Waals surface area contributed by atoms with Crippen LogP contribution in [0.5, 0.6) is 5.75 Å². The van der Waals surface area contributed by atoms with Crippen LogP contribution in [0.3, 0.4) is 0 Å². The molecule has 0 fully saturated rings. The molecule has 1 aromatic carbocycles. The lowest BCUT2D eigenvalue weighted by molar-refractivity contribution is 0.227. The largest absolute Gasteiger partial charge is 0.497 e. The molecule has 17 heavy (non-hydrogen) atoms. The van der Waals surface area contributed by atoms with Gasteiger partial charge in [-0.15, -0.1) is 0 Å². The van der Waals surface area contributed by atoms with E-state index >= 15 is 0 Å². The van der Waals surface area contributed by atoms with E-state index in [4.69, 9.17) is 15.9 Å². The first-order chi connectivity index (χ1) is 8.02. The number of amidine groups is 1. The van der Waals surface area contributed by atoms with Gasteiger partial charge in [-0.25, -0.2) is 4.79 Å². The quantitative estimate of drug-likeness (QED) is 0.540. The summed E-state index contributed by atoms with van der Waals surface area (Å²) in [5, 5.41) is 9.77. The van der Waals surface area contributed by atoms with Gasteiger partial charge in [-0.3, -0.25) is 5.41 Å². The topological polar surface area (TPSA) is 91.4 Å². The van der Waals surface area contributed by atoms with Crippen molar-refractivity contribution in [2.24, 2.45) is 5.73 Å². The zero-order chi connectivity index (χ0) is 12.8. The van der Waals surface area contributed by atoms with E-state index in [1.54, 1.807) is 38.4 Å². The highest BCUT2D eigenvalue weighted by Crippen LogP contribution is 2.16. The van der Waals surface area contributed by atoms with Crippen LogP contribution in [0.4, 0.5) is 10.5 Å². The van der Waals surface area contributed by atoms with Gasteiger partial charge in [0.25, 0.3) is 0 Å². The molecule has 0 unspecified atom stereocenters. The number of benzene rings is 1. The van der Waals surface area contributed by atoms with E-state index in [0.29, 0.717) is 11.4 Å². The Kier molecular flexibility index (Phi) is 4.33. The lowest BCUT2D eigenvalue weighted by Crippen LogP contribution is -2.37. The van der Waals surface area contributed by atoms with Crippen LogP contribution in [-0.4, -0.2) is 37.5 Å². The predicted octanol–water partition coefficient (Wildman–Crippen LogP) is 1.09. The van der Waals surface area contributed by atoms with E-state index in [1.807, 2.05) is 0 Å². The Labute approximate surface area is 99.9 Å². The first-order valence-electron chi connectivity index (χ1n) is 5.02. The summed E-state index contributed by atoms with van der Waals surface area (Å²) in [6.45, 7) is 0.0931. The molecule has 0 saturated carbocycles. The summed E-state index contributed by atoms with van der Waals surface area (Å²) in [5.41, 5.74) is 5.84. The molecule has 0 radical (unpaired) electrons. The Bertz CT molecular complexity index is 420. The van der Waals surface area contributed by atoms with Gasteiger partial charge in [0.15, 0.2) is 0 Å². The van der Waals surface area contributed by atoms with Crippen LogP contribution in [0, 0.1) is 5.41 Å². The SMILES string of the molecule is COc1cccc(NC(=O)N(C)CC(=N)N)c1. The number of amides is 2. The van der Waals surface area contributed by atoms with E-state index < -0.39 is 0 Å². The summed E-state index contributed by atoms with van der Waals surface area (Å²) in [5.74, 6) is 0.602.